The smallest absolute Gasteiger partial charge is 0.428 e. The molecule has 0 atom stereocenters. The van der Waals surface area contributed by atoms with Crippen LogP contribution in [0, 0.1) is 0 Å². The fourth-order valence-electron chi connectivity index (χ4n) is 1.61. The molecule has 1 amide bonds. The molecule has 0 aromatic heterocycles. The summed E-state index contributed by atoms with van der Waals surface area (Å²) in [4.78, 5) is 11.5. The third-order valence-electron chi connectivity index (χ3n) is 2.77. The summed E-state index contributed by atoms with van der Waals surface area (Å²) in [6, 6.07) is 14.3. The fraction of sp³-hybridized carbons (Fsp3) is 0.125. The van der Waals surface area contributed by atoms with E-state index in [-0.39, 0.29) is 6.61 Å². The Labute approximate surface area is 133 Å². The van der Waals surface area contributed by atoms with E-state index in [9.17, 15) is 4.79 Å². The molecule has 0 heterocycles. The highest BCUT2D eigenvalue weighted by atomic mass is 35.5. The maximum atomic E-state index is 11.5. The Bertz CT molecular complexity index is 639. The van der Waals surface area contributed by atoms with Crippen LogP contribution in [0.4, 0.5) is 4.79 Å². The van der Waals surface area contributed by atoms with E-state index < -0.39 is 6.09 Å². The maximum Gasteiger partial charge on any atom is 0.428 e. The molecule has 0 spiro atoms. The fourth-order valence-corrected chi connectivity index (χ4v) is 1.74. The lowest BCUT2D eigenvalue weighted by Crippen LogP contribution is -2.18. The molecule has 0 fully saturated rings. The van der Waals surface area contributed by atoms with E-state index in [4.69, 9.17) is 21.1 Å². The summed E-state index contributed by atoms with van der Waals surface area (Å²) in [6.45, 7) is 0.159. The highest BCUT2D eigenvalue weighted by Crippen LogP contribution is 2.12. The molecular formula is C16H15ClN2O3. The van der Waals surface area contributed by atoms with E-state index in [1.54, 1.807) is 43.5 Å². The van der Waals surface area contributed by atoms with Crippen molar-refractivity contribution in [2.45, 2.75) is 6.61 Å². The number of methoxy groups -OCH3 is 1. The topological polar surface area (TPSA) is 59.9 Å². The third-order valence-corrected chi connectivity index (χ3v) is 3.02. The monoisotopic (exact) mass is 318 g/mol. The quantitative estimate of drug-likeness (QED) is 0.676. The number of nitrogens with zero attached hydrogens (tertiary/aromatic N) is 1. The summed E-state index contributed by atoms with van der Waals surface area (Å²) in [5.74, 6) is 0.751. The van der Waals surface area contributed by atoms with Gasteiger partial charge in [-0.15, -0.1) is 0 Å². The van der Waals surface area contributed by atoms with Gasteiger partial charge in [0.15, 0.2) is 0 Å². The lowest BCUT2D eigenvalue weighted by Gasteiger charge is -2.05. The predicted molar refractivity (Wildman–Crippen MR) is 85.4 cm³/mol. The van der Waals surface area contributed by atoms with Crippen molar-refractivity contribution < 1.29 is 14.3 Å². The van der Waals surface area contributed by atoms with Gasteiger partial charge in [-0.25, -0.2) is 10.2 Å². The van der Waals surface area contributed by atoms with Crippen molar-refractivity contribution in [1.29, 1.82) is 0 Å². The van der Waals surface area contributed by atoms with Crippen molar-refractivity contribution in [1.82, 2.24) is 5.43 Å². The first-order valence-corrected chi connectivity index (χ1v) is 6.89. The molecule has 114 valence electrons. The number of amides is 1. The predicted octanol–water partition coefficient (Wildman–Crippen LogP) is 3.61. The van der Waals surface area contributed by atoms with E-state index in [2.05, 4.69) is 10.5 Å². The first-order chi connectivity index (χ1) is 10.7. The average Bonchev–Trinajstić information content (AvgIpc) is 2.55. The molecule has 0 saturated heterocycles. The molecular weight excluding hydrogens is 304 g/mol. The van der Waals surface area contributed by atoms with Gasteiger partial charge in [0.2, 0.25) is 0 Å². The van der Waals surface area contributed by atoms with E-state index in [1.807, 2.05) is 12.1 Å². The Hall–Kier alpha value is -2.53. The van der Waals surface area contributed by atoms with Gasteiger partial charge in [0.05, 0.1) is 13.3 Å². The van der Waals surface area contributed by atoms with Gasteiger partial charge in [-0.2, -0.15) is 5.10 Å². The van der Waals surface area contributed by atoms with Crippen LogP contribution in [0.1, 0.15) is 11.1 Å². The first kappa shape index (κ1) is 15.9. The number of carbonyl (C=O) groups is 1. The number of carbonyl (C=O) groups excluding carboxylic acids is 1. The highest BCUT2D eigenvalue weighted by Gasteiger charge is 2.01. The molecule has 0 aliphatic carbocycles. The van der Waals surface area contributed by atoms with Gasteiger partial charge < -0.3 is 9.47 Å². The minimum atomic E-state index is -0.624. The molecule has 2 rings (SSSR count). The number of halogens is 1. The van der Waals surface area contributed by atoms with Gasteiger partial charge in [-0.1, -0.05) is 35.9 Å². The number of nitrogens with one attached hydrogen (secondary N) is 1. The van der Waals surface area contributed by atoms with Crippen LogP contribution in [0.3, 0.4) is 0 Å². The van der Waals surface area contributed by atoms with Gasteiger partial charge in [-0.05, 0) is 35.4 Å². The molecule has 0 aliphatic rings. The molecule has 2 aromatic carbocycles. The van der Waals surface area contributed by atoms with Crippen molar-refractivity contribution >= 4 is 23.9 Å². The Morgan fingerprint density at radius 1 is 1.18 bits per heavy atom. The van der Waals surface area contributed by atoms with Crippen LogP contribution in [0.5, 0.6) is 5.75 Å². The molecule has 22 heavy (non-hydrogen) atoms. The second-order valence-electron chi connectivity index (χ2n) is 4.35. The molecule has 0 unspecified atom stereocenters. The first-order valence-electron chi connectivity index (χ1n) is 6.52. The highest BCUT2D eigenvalue weighted by molar-refractivity contribution is 6.30. The van der Waals surface area contributed by atoms with Crippen LogP contribution in [0.2, 0.25) is 5.02 Å². The number of hydrogen-bond acceptors (Lipinski definition) is 4. The molecule has 5 nitrogen and oxygen atoms in total. The number of ether oxygens (including phenoxy) is 2. The summed E-state index contributed by atoms with van der Waals surface area (Å²) < 4.78 is 10.1. The zero-order valence-electron chi connectivity index (χ0n) is 12.0. The van der Waals surface area contributed by atoms with Gasteiger partial charge in [0.1, 0.15) is 12.4 Å². The van der Waals surface area contributed by atoms with Crippen LogP contribution in [-0.2, 0) is 11.3 Å². The van der Waals surface area contributed by atoms with E-state index in [1.165, 1.54) is 6.21 Å². The summed E-state index contributed by atoms with van der Waals surface area (Å²) in [6.07, 6.45) is 0.881. The van der Waals surface area contributed by atoms with E-state index in [0.717, 1.165) is 16.9 Å². The summed E-state index contributed by atoms with van der Waals surface area (Å²) in [5.41, 5.74) is 3.97. The van der Waals surface area contributed by atoms with Crippen LogP contribution in [0.25, 0.3) is 0 Å². The second kappa shape index (κ2) is 8.05. The summed E-state index contributed by atoms with van der Waals surface area (Å²) in [5, 5.41) is 4.44. The SMILES string of the molecule is COc1ccc(COC(=O)N/N=C/c2ccc(Cl)cc2)cc1. The van der Waals surface area contributed by atoms with Gasteiger partial charge in [0, 0.05) is 5.02 Å². The minimum absolute atomic E-state index is 0.159. The van der Waals surface area contributed by atoms with E-state index in [0.29, 0.717) is 5.02 Å². The second-order valence-corrected chi connectivity index (χ2v) is 4.78. The Morgan fingerprint density at radius 2 is 1.86 bits per heavy atom. The number of hydrazone groups is 1. The van der Waals surface area contributed by atoms with Crippen LogP contribution in [-0.4, -0.2) is 19.4 Å². The summed E-state index contributed by atoms with van der Waals surface area (Å²) in [7, 11) is 1.59. The number of benzene rings is 2. The van der Waals surface area contributed by atoms with Crippen LogP contribution >= 0.6 is 11.6 Å². The molecule has 0 aliphatic heterocycles. The van der Waals surface area contributed by atoms with E-state index >= 15 is 0 Å². The average molecular weight is 319 g/mol. The third kappa shape index (κ3) is 5.10. The zero-order chi connectivity index (χ0) is 15.8. The van der Waals surface area contributed by atoms with Gasteiger partial charge in [0.25, 0.3) is 0 Å². The maximum absolute atomic E-state index is 11.5. The number of rotatable bonds is 5. The Morgan fingerprint density at radius 3 is 2.50 bits per heavy atom. The zero-order valence-corrected chi connectivity index (χ0v) is 12.7. The lowest BCUT2D eigenvalue weighted by molar-refractivity contribution is 0.140. The molecule has 0 bridgehead atoms. The largest absolute Gasteiger partial charge is 0.497 e. The Kier molecular flexibility index (Phi) is 5.80. The standard InChI is InChI=1S/C16H15ClN2O3/c1-21-15-8-4-13(5-9-15)11-22-16(20)19-18-10-12-2-6-14(17)7-3-12/h2-10H,11H2,1H3,(H,19,20)/b18-10+. The molecule has 0 saturated carbocycles. The van der Waals surface area contributed by atoms with Crippen molar-refractivity contribution in [3.8, 4) is 5.75 Å². The Balaban J connectivity index is 1.76. The normalized spacial score (nSPS) is 10.5. The molecule has 2 aromatic rings. The van der Waals surface area contributed by atoms with Crippen molar-refractivity contribution in [3.63, 3.8) is 0 Å². The van der Waals surface area contributed by atoms with Gasteiger partial charge in [-0.3, -0.25) is 0 Å². The molecule has 0 radical (unpaired) electrons. The van der Waals surface area contributed by atoms with Crippen LogP contribution in [0.15, 0.2) is 53.6 Å². The number of hydrogen-bond donors (Lipinski definition) is 1. The minimum Gasteiger partial charge on any atom is -0.497 e. The van der Waals surface area contributed by atoms with Crippen molar-refractivity contribution in [3.05, 3.63) is 64.7 Å². The lowest BCUT2D eigenvalue weighted by atomic mass is 10.2. The van der Waals surface area contributed by atoms with Crippen molar-refractivity contribution in [2.24, 2.45) is 5.10 Å². The van der Waals surface area contributed by atoms with Gasteiger partial charge >= 0.3 is 6.09 Å². The van der Waals surface area contributed by atoms with Crippen LogP contribution < -0.4 is 10.2 Å². The van der Waals surface area contributed by atoms with Crippen molar-refractivity contribution in [2.75, 3.05) is 7.11 Å². The molecule has 6 heteroatoms. The molecule has 1 N–H and O–H groups in total. The summed E-state index contributed by atoms with van der Waals surface area (Å²) >= 11 is 5.77.